The molecular weight excluding hydrogens is 446 g/mol. The summed E-state index contributed by atoms with van der Waals surface area (Å²) >= 11 is 1.56. The Morgan fingerprint density at radius 2 is 1.59 bits per heavy atom. The molecule has 0 aliphatic carbocycles. The predicted octanol–water partition coefficient (Wildman–Crippen LogP) is 4.20. The highest BCUT2D eigenvalue weighted by molar-refractivity contribution is 7.99. The Hall–Kier alpha value is -3.58. The molecule has 0 saturated heterocycles. The van der Waals surface area contributed by atoms with Gasteiger partial charge in [-0.2, -0.15) is 5.10 Å². The van der Waals surface area contributed by atoms with Gasteiger partial charge in [-0.1, -0.05) is 60.7 Å². The molecule has 34 heavy (non-hydrogen) atoms. The zero-order valence-corrected chi connectivity index (χ0v) is 20.0. The number of amides is 2. The minimum atomic E-state index is -0.216. The number of hydrogen-bond acceptors (Lipinski definition) is 5. The van der Waals surface area contributed by atoms with Crippen LogP contribution in [0, 0.1) is 0 Å². The Balaban J connectivity index is 1.33. The molecule has 1 atom stereocenters. The second kappa shape index (κ2) is 13.9. The first-order valence-electron chi connectivity index (χ1n) is 11.1. The van der Waals surface area contributed by atoms with E-state index in [9.17, 15) is 9.59 Å². The molecule has 0 spiro atoms. The van der Waals surface area contributed by atoms with Crippen LogP contribution in [0.25, 0.3) is 0 Å². The highest BCUT2D eigenvalue weighted by Gasteiger charge is 2.12. The van der Waals surface area contributed by atoms with Crippen LogP contribution >= 0.6 is 11.8 Å². The number of nitrogens with zero attached hydrogens (tertiary/aromatic N) is 1. The molecule has 7 heteroatoms. The molecule has 3 rings (SSSR count). The average molecular weight is 476 g/mol. The van der Waals surface area contributed by atoms with Crippen molar-refractivity contribution in [1.29, 1.82) is 0 Å². The van der Waals surface area contributed by atoms with Crippen molar-refractivity contribution in [2.75, 3.05) is 13.2 Å². The molecule has 176 valence electrons. The summed E-state index contributed by atoms with van der Waals surface area (Å²) in [5.74, 6) is 1.05. The highest BCUT2D eigenvalue weighted by atomic mass is 32.2. The number of nitrogens with one attached hydrogen (secondary N) is 2. The molecule has 0 saturated carbocycles. The first-order chi connectivity index (χ1) is 16.6. The number of ether oxygens (including phenoxy) is 1. The Morgan fingerprint density at radius 1 is 0.941 bits per heavy atom. The van der Waals surface area contributed by atoms with Crippen LogP contribution in [0.1, 0.15) is 23.6 Å². The van der Waals surface area contributed by atoms with Gasteiger partial charge in [0.05, 0.1) is 11.5 Å². The van der Waals surface area contributed by atoms with Gasteiger partial charge in [0.2, 0.25) is 0 Å². The average Bonchev–Trinajstić information content (AvgIpc) is 2.88. The SMILES string of the molecule is C[C@H](SCc1ccccc1)C(=O)N/N=C\c1ccc(OCC(=O)NCCc2ccccc2)cc1. The van der Waals surface area contributed by atoms with E-state index in [1.807, 2.05) is 79.7 Å². The van der Waals surface area contributed by atoms with Crippen LogP contribution in [-0.2, 0) is 21.8 Å². The van der Waals surface area contributed by atoms with Crippen LogP contribution in [-0.4, -0.2) is 36.4 Å². The van der Waals surface area contributed by atoms with Crippen LogP contribution in [0.5, 0.6) is 5.75 Å². The van der Waals surface area contributed by atoms with Gasteiger partial charge in [0.25, 0.3) is 11.8 Å². The maximum Gasteiger partial charge on any atom is 0.257 e. The second-order valence-corrected chi connectivity index (χ2v) is 8.95. The van der Waals surface area contributed by atoms with E-state index >= 15 is 0 Å². The van der Waals surface area contributed by atoms with Gasteiger partial charge >= 0.3 is 0 Å². The van der Waals surface area contributed by atoms with Crippen molar-refractivity contribution in [3.8, 4) is 5.75 Å². The van der Waals surface area contributed by atoms with E-state index in [1.165, 1.54) is 11.1 Å². The van der Waals surface area contributed by atoms with Gasteiger partial charge < -0.3 is 10.1 Å². The van der Waals surface area contributed by atoms with Crippen molar-refractivity contribution in [2.24, 2.45) is 5.10 Å². The molecule has 3 aromatic carbocycles. The fourth-order valence-corrected chi connectivity index (χ4v) is 3.81. The Bertz CT molecular complexity index is 1060. The number of rotatable bonds is 12. The third kappa shape index (κ3) is 9.11. The molecule has 0 bridgehead atoms. The highest BCUT2D eigenvalue weighted by Crippen LogP contribution is 2.17. The number of benzene rings is 3. The maximum absolute atomic E-state index is 12.2. The molecule has 2 N–H and O–H groups in total. The standard InChI is InChI=1S/C27H29N3O3S/c1-21(34-20-24-10-6-3-7-11-24)27(32)30-29-18-23-12-14-25(15-13-23)33-19-26(31)28-17-16-22-8-4-2-5-9-22/h2-15,18,21H,16-17,19-20H2,1H3,(H,28,31)(H,30,32)/b29-18-/t21-/m0/s1. The zero-order valence-electron chi connectivity index (χ0n) is 19.1. The Labute approximate surface area is 204 Å². The molecule has 0 aliphatic rings. The van der Waals surface area contributed by atoms with Gasteiger partial charge in [-0.25, -0.2) is 5.43 Å². The van der Waals surface area contributed by atoms with Crippen molar-refractivity contribution in [1.82, 2.24) is 10.7 Å². The number of hydrazone groups is 1. The third-order valence-corrected chi connectivity index (χ3v) is 6.14. The van der Waals surface area contributed by atoms with Crippen molar-refractivity contribution >= 4 is 29.8 Å². The van der Waals surface area contributed by atoms with E-state index in [4.69, 9.17) is 4.74 Å². The lowest BCUT2D eigenvalue weighted by Gasteiger charge is -2.09. The summed E-state index contributed by atoms with van der Waals surface area (Å²) in [6.07, 6.45) is 2.36. The minimum absolute atomic E-state index is 0.0448. The summed E-state index contributed by atoms with van der Waals surface area (Å²) in [4.78, 5) is 24.2. The number of carbonyl (C=O) groups excluding carboxylic acids is 2. The monoisotopic (exact) mass is 475 g/mol. The van der Waals surface area contributed by atoms with Gasteiger partial charge in [-0.05, 0) is 54.3 Å². The molecular formula is C27H29N3O3S. The van der Waals surface area contributed by atoms with Crippen molar-refractivity contribution in [3.05, 3.63) is 102 Å². The molecule has 0 aliphatic heterocycles. The fourth-order valence-electron chi connectivity index (χ4n) is 2.97. The number of thioether (sulfide) groups is 1. The van der Waals surface area contributed by atoms with E-state index in [0.29, 0.717) is 12.3 Å². The molecule has 2 amide bonds. The first-order valence-corrected chi connectivity index (χ1v) is 12.2. The van der Waals surface area contributed by atoms with Gasteiger partial charge in [0, 0.05) is 12.3 Å². The second-order valence-electron chi connectivity index (χ2n) is 7.62. The van der Waals surface area contributed by atoms with Gasteiger partial charge in [-0.3, -0.25) is 9.59 Å². The summed E-state index contributed by atoms with van der Waals surface area (Å²) in [6, 6.07) is 27.2. The Morgan fingerprint density at radius 3 is 2.26 bits per heavy atom. The molecule has 0 radical (unpaired) electrons. The minimum Gasteiger partial charge on any atom is -0.484 e. The third-order valence-electron chi connectivity index (χ3n) is 4.93. The quantitative estimate of drug-likeness (QED) is 0.304. The molecule has 0 unspecified atom stereocenters. The maximum atomic E-state index is 12.2. The lowest BCUT2D eigenvalue weighted by atomic mass is 10.1. The lowest BCUT2D eigenvalue weighted by Crippen LogP contribution is -2.30. The first kappa shape index (κ1) is 25.1. The zero-order chi connectivity index (χ0) is 24.0. The van der Waals surface area contributed by atoms with E-state index < -0.39 is 0 Å². The molecule has 6 nitrogen and oxygen atoms in total. The van der Waals surface area contributed by atoms with E-state index in [1.54, 1.807) is 30.1 Å². The normalized spacial score (nSPS) is 11.7. The summed E-state index contributed by atoms with van der Waals surface area (Å²) in [5, 5.41) is 6.67. The van der Waals surface area contributed by atoms with Crippen LogP contribution in [0.2, 0.25) is 0 Å². The number of carbonyl (C=O) groups is 2. The van der Waals surface area contributed by atoms with Crippen molar-refractivity contribution in [3.63, 3.8) is 0 Å². The predicted molar refractivity (Wildman–Crippen MR) is 138 cm³/mol. The fraction of sp³-hybridized carbons (Fsp3) is 0.222. The smallest absolute Gasteiger partial charge is 0.257 e. The molecule has 3 aromatic rings. The van der Waals surface area contributed by atoms with Gasteiger partial charge in [-0.15, -0.1) is 11.8 Å². The van der Waals surface area contributed by atoms with Crippen LogP contribution in [0.3, 0.4) is 0 Å². The van der Waals surface area contributed by atoms with E-state index in [2.05, 4.69) is 15.8 Å². The lowest BCUT2D eigenvalue weighted by molar-refractivity contribution is -0.123. The van der Waals surface area contributed by atoms with Crippen molar-refractivity contribution < 1.29 is 14.3 Å². The molecule has 0 fully saturated rings. The molecule has 0 aromatic heterocycles. The summed E-state index contributed by atoms with van der Waals surface area (Å²) in [7, 11) is 0. The number of hydrogen-bond donors (Lipinski definition) is 2. The topological polar surface area (TPSA) is 79.8 Å². The summed E-state index contributed by atoms with van der Waals surface area (Å²) in [5.41, 5.74) is 5.75. The van der Waals surface area contributed by atoms with Crippen LogP contribution in [0.15, 0.2) is 90.0 Å². The van der Waals surface area contributed by atoms with Crippen LogP contribution < -0.4 is 15.5 Å². The largest absolute Gasteiger partial charge is 0.484 e. The van der Waals surface area contributed by atoms with Crippen LogP contribution in [0.4, 0.5) is 0 Å². The van der Waals surface area contributed by atoms with Gasteiger partial charge in [0.1, 0.15) is 5.75 Å². The summed E-state index contributed by atoms with van der Waals surface area (Å²) < 4.78 is 5.53. The van der Waals surface area contributed by atoms with Crippen molar-refractivity contribution in [2.45, 2.75) is 24.3 Å². The summed E-state index contributed by atoms with van der Waals surface area (Å²) in [6.45, 7) is 2.38. The Kier molecular flexibility index (Phi) is 10.2. The van der Waals surface area contributed by atoms with E-state index in [-0.39, 0.29) is 23.7 Å². The van der Waals surface area contributed by atoms with E-state index in [0.717, 1.165) is 17.7 Å². The van der Waals surface area contributed by atoms with Gasteiger partial charge in [0.15, 0.2) is 6.61 Å². The molecule has 0 heterocycles.